The Morgan fingerprint density at radius 1 is 1.17 bits per heavy atom. The van der Waals surface area contributed by atoms with Crippen LogP contribution in [0, 0.1) is 11.8 Å². The topological polar surface area (TPSA) is 37.4 Å². The van der Waals surface area contributed by atoms with Gasteiger partial charge >= 0.3 is 0 Å². The number of likely N-dealkylation sites (tertiary alicyclic amines) is 1. The molecule has 0 spiro atoms. The molecule has 1 aliphatic rings. The predicted octanol–water partition coefficient (Wildman–Crippen LogP) is 2.72. The van der Waals surface area contributed by atoms with Crippen LogP contribution >= 0.6 is 0 Å². The number of carbonyl (C=O) groups is 2. The van der Waals surface area contributed by atoms with Crippen molar-refractivity contribution < 1.29 is 9.59 Å². The standard InChI is InChI=1S/C15H19NO2/c1-11-8-12(2)10-16(14(17)9-11)15(18)13-6-4-3-5-7-13/h3-7,11-12H,8-10H2,1-2H3/t11-,12+/m1/s1. The average Bonchev–Trinajstić information content (AvgIpc) is 2.47. The number of nitrogens with zero attached hydrogens (tertiary/aromatic N) is 1. The molecule has 1 aromatic rings. The summed E-state index contributed by atoms with van der Waals surface area (Å²) < 4.78 is 0. The summed E-state index contributed by atoms with van der Waals surface area (Å²) in [5.41, 5.74) is 0.590. The van der Waals surface area contributed by atoms with Crippen LogP contribution in [0.15, 0.2) is 30.3 Å². The number of carbonyl (C=O) groups excluding carboxylic acids is 2. The van der Waals surface area contributed by atoms with E-state index in [1.807, 2.05) is 18.2 Å². The summed E-state index contributed by atoms with van der Waals surface area (Å²) in [5, 5.41) is 0. The lowest BCUT2D eigenvalue weighted by molar-refractivity contribution is -0.128. The fourth-order valence-corrected chi connectivity index (χ4v) is 2.60. The average molecular weight is 245 g/mol. The zero-order valence-corrected chi connectivity index (χ0v) is 10.9. The lowest BCUT2D eigenvalue weighted by atomic mass is 9.97. The van der Waals surface area contributed by atoms with Crippen LogP contribution in [-0.2, 0) is 4.79 Å². The Morgan fingerprint density at radius 2 is 1.83 bits per heavy atom. The van der Waals surface area contributed by atoms with Crippen LogP contribution in [0.25, 0.3) is 0 Å². The molecule has 0 saturated carbocycles. The van der Waals surface area contributed by atoms with Gasteiger partial charge in [-0.05, 0) is 30.4 Å². The fourth-order valence-electron chi connectivity index (χ4n) is 2.60. The van der Waals surface area contributed by atoms with Gasteiger partial charge in [-0.2, -0.15) is 0 Å². The number of benzene rings is 1. The van der Waals surface area contributed by atoms with E-state index in [9.17, 15) is 9.59 Å². The van der Waals surface area contributed by atoms with E-state index < -0.39 is 0 Å². The lowest BCUT2D eigenvalue weighted by Gasteiger charge is -2.20. The summed E-state index contributed by atoms with van der Waals surface area (Å²) in [6.45, 7) is 4.71. The summed E-state index contributed by atoms with van der Waals surface area (Å²) in [4.78, 5) is 25.8. The minimum atomic E-state index is -0.165. The van der Waals surface area contributed by atoms with Gasteiger partial charge in [-0.25, -0.2) is 0 Å². The van der Waals surface area contributed by atoms with E-state index in [1.165, 1.54) is 4.90 Å². The Hall–Kier alpha value is -1.64. The van der Waals surface area contributed by atoms with Gasteiger partial charge in [-0.3, -0.25) is 14.5 Å². The molecule has 0 unspecified atom stereocenters. The molecule has 0 radical (unpaired) electrons. The van der Waals surface area contributed by atoms with Crippen molar-refractivity contribution in [2.45, 2.75) is 26.7 Å². The maximum atomic E-state index is 12.3. The molecule has 1 fully saturated rings. The quantitative estimate of drug-likeness (QED) is 0.713. The minimum absolute atomic E-state index is 0.0410. The Balaban J connectivity index is 2.21. The summed E-state index contributed by atoms with van der Waals surface area (Å²) in [6, 6.07) is 9.03. The molecule has 3 nitrogen and oxygen atoms in total. The summed E-state index contributed by atoms with van der Waals surface area (Å²) in [5.74, 6) is 0.530. The zero-order chi connectivity index (χ0) is 13.1. The van der Waals surface area contributed by atoms with Crippen LogP contribution in [0.2, 0.25) is 0 Å². The Labute approximate surface area is 108 Å². The SMILES string of the molecule is C[C@H]1CC(=O)N(C(=O)c2ccccc2)C[C@@H](C)C1. The van der Waals surface area contributed by atoms with Gasteiger partial charge in [0.25, 0.3) is 5.91 Å². The Morgan fingerprint density at radius 3 is 2.50 bits per heavy atom. The molecule has 1 saturated heterocycles. The first-order chi connectivity index (χ1) is 8.58. The van der Waals surface area contributed by atoms with Crippen molar-refractivity contribution in [2.75, 3.05) is 6.54 Å². The summed E-state index contributed by atoms with van der Waals surface area (Å²) in [6.07, 6.45) is 1.48. The van der Waals surface area contributed by atoms with Crippen LogP contribution in [0.4, 0.5) is 0 Å². The Bertz CT molecular complexity index is 441. The van der Waals surface area contributed by atoms with Gasteiger partial charge < -0.3 is 0 Å². The molecule has 1 aromatic carbocycles. The molecular weight excluding hydrogens is 226 g/mol. The van der Waals surface area contributed by atoms with Crippen molar-refractivity contribution in [3.8, 4) is 0 Å². The molecule has 1 heterocycles. The molecule has 18 heavy (non-hydrogen) atoms. The van der Waals surface area contributed by atoms with Crippen LogP contribution in [0.1, 0.15) is 37.0 Å². The molecule has 0 bridgehead atoms. The number of hydrogen-bond acceptors (Lipinski definition) is 2. The minimum Gasteiger partial charge on any atom is -0.278 e. The highest BCUT2D eigenvalue weighted by Crippen LogP contribution is 2.23. The van der Waals surface area contributed by atoms with Crippen LogP contribution in [0.3, 0.4) is 0 Å². The van der Waals surface area contributed by atoms with Crippen LogP contribution < -0.4 is 0 Å². The first-order valence-electron chi connectivity index (χ1n) is 6.47. The molecule has 1 aliphatic heterocycles. The highest BCUT2D eigenvalue weighted by molar-refractivity contribution is 6.04. The van der Waals surface area contributed by atoms with Gasteiger partial charge in [0.1, 0.15) is 0 Å². The molecular formula is C15H19NO2. The van der Waals surface area contributed by atoms with Gasteiger partial charge in [-0.15, -0.1) is 0 Å². The number of imide groups is 1. The summed E-state index contributed by atoms with van der Waals surface area (Å²) >= 11 is 0. The maximum absolute atomic E-state index is 12.3. The normalized spacial score (nSPS) is 24.8. The van der Waals surface area contributed by atoms with Crippen molar-refractivity contribution >= 4 is 11.8 Å². The van der Waals surface area contributed by atoms with Gasteiger partial charge in [0.15, 0.2) is 0 Å². The molecule has 96 valence electrons. The number of rotatable bonds is 1. The molecule has 2 amide bonds. The third-order valence-corrected chi connectivity index (χ3v) is 3.39. The van der Waals surface area contributed by atoms with Gasteiger partial charge in [0.2, 0.25) is 5.91 Å². The third kappa shape index (κ3) is 2.78. The molecule has 2 rings (SSSR count). The van der Waals surface area contributed by atoms with E-state index in [0.717, 1.165) is 6.42 Å². The third-order valence-electron chi connectivity index (χ3n) is 3.39. The smallest absolute Gasteiger partial charge is 0.260 e. The van der Waals surface area contributed by atoms with Gasteiger partial charge in [0.05, 0.1) is 0 Å². The monoisotopic (exact) mass is 245 g/mol. The van der Waals surface area contributed by atoms with Crippen molar-refractivity contribution in [1.82, 2.24) is 4.90 Å². The van der Waals surface area contributed by atoms with Gasteiger partial charge in [0, 0.05) is 18.5 Å². The highest BCUT2D eigenvalue weighted by Gasteiger charge is 2.29. The van der Waals surface area contributed by atoms with Crippen molar-refractivity contribution in [3.05, 3.63) is 35.9 Å². The number of hydrogen-bond donors (Lipinski definition) is 0. The largest absolute Gasteiger partial charge is 0.278 e. The van der Waals surface area contributed by atoms with E-state index in [1.54, 1.807) is 12.1 Å². The predicted molar refractivity (Wildman–Crippen MR) is 70.0 cm³/mol. The van der Waals surface area contributed by atoms with Crippen molar-refractivity contribution in [2.24, 2.45) is 11.8 Å². The maximum Gasteiger partial charge on any atom is 0.260 e. The van der Waals surface area contributed by atoms with Crippen molar-refractivity contribution in [3.63, 3.8) is 0 Å². The molecule has 0 aromatic heterocycles. The lowest BCUT2D eigenvalue weighted by Crippen LogP contribution is -2.38. The summed E-state index contributed by atoms with van der Waals surface area (Å²) in [7, 11) is 0. The van der Waals surface area contributed by atoms with Crippen molar-refractivity contribution in [1.29, 1.82) is 0 Å². The second-order valence-corrected chi connectivity index (χ2v) is 5.33. The Kier molecular flexibility index (Phi) is 3.80. The van der Waals surface area contributed by atoms with E-state index in [0.29, 0.717) is 30.4 Å². The fraction of sp³-hybridized carbons (Fsp3) is 0.467. The molecule has 2 atom stereocenters. The molecule has 0 N–H and O–H groups in total. The highest BCUT2D eigenvalue weighted by atomic mass is 16.2. The number of amides is 2. The van der Waals surface area contributed by atoms with E-state index >= 15 is 0 Å². The first kappa shape index (κ1) is 12.8. The molecule has 3 heteroatoms. The first-order valence-corrected chi connectivity index (χ1v) is 6.47. The van der Waals surface area contributed by atoms with Crippen LogP contribution in [-0.4, -0.2) is 23.3 Å². The van der Waals surface area contributed by atoms with Gasteiger partial charge in [-0.1, -0.05) is 32.0 Å². The van der Waals surface area contributed by atoms with E-state index in [-0.39, 0.29) is 11.8 Å². The second-order valence-electron chi connectivity index (χ2n) is 5.33. The zero-order valence-electron chi connectivity index (χ0n) is 10.9. The van der Waals surface area contributed by atoms with E-state index in [2.05, 4.69) is 13.8 Å². The molecule has 0 aliphatic carbocycles. The van der Waals surface area contributed by atoms with Crippen LogP contribution in [0.5, 0.6) is 0 Å². The second kappa shape index (κ2) is 5.34. The van der Waals surface area contributed by atoms with E-state index in [4.69, 9.17) is 0 Å².